The van der Waals surface area contributed by atoms with Gasteiger partial charge < -0.3 is 43.1 Å². The number of rotatable bonds is 51. The number of anilines is 3. The molecule has 3 heterocycles. The van der Waals surface area contributed by atoms with E-state index in [-0.39, 0.29) is 50.7 Å². The predicted molar refractivity (Wildman–Crippen MR) is 575 cm³/mol. The minimum Gasteiger partial charge on any atom is -0.494 e. The van der Waals surface area contributed by atoms with E-state index in [0.29, 0.717) is 53.6 Å². The Hall–Kier alpha value is -17.0. The maximum absolute atomic E-state index is 9.95. The quantitative estimate of drug-likeness (QED) is 0.0148. The molecule has 24 nitrogen and oxygen atoms in total. The van der Waals surface area contributed by atoms with Crippen molar-refractivity contribution < 1.29 is 28.4 Å². The molecule has 3 aliphatic rings. The van der Waals surface area contributed by atoms with Crippen molar-refractivity contribution >= 4 is 69.4 Å². The smallest absolute Gasteiger partial charge is 0.172 e. The molecule has 0 saturated heterocycles. The van der Waals surface area contributed by atoms with Crippen LogP contribution in [0, 0.1) is 102 Å². The van der Waals surface area contributed by atoms with E-state index in [4.69, 9.17) is 28.4 Å². The summed E-state index contributed by atoms with van der Waals surface area (Å²) in [5.41, 5.74) is 12.1. The first-order chi connectivity index (χ1) is 70.9. The second kappa shape index (κ2) is 53.8. The molecule has 0 amide bonds. The number of hydrogen-bond donors (Lipinski definition) is 0. The number of nitriles is 9. The lowest BCUT2D eigenvalue weighted by atomic mass is 9.71. The highest BCUT2D eigenvalue weighted by atomic mass is 16.5. The summed E-state index contributed by atoms with van der Waals surface area (Å²) in [5.74, 6) is 2.53. The molecule has 0 aliphatic carbocycles. The van der Waals surface area contributed by atoms with Crippen LogP contribution >= 0.6 is 0 Å². The van der Waals surface area contributed by atoms with Gasteiger partial charge in [0.15, 0.2) is 34.0 Å². The second-order valence-corrected chi connectivity index (χ2v) is 37.8. The summed E-state index contributed by atoms with van der Waals surface area (Å²) in [7, 11) is 0. The maximum atomic E-state index is 9.95. The summed E-state index contributed by atoms with van der Waals surface area (Å²) in [4.78, 5) is 7.42. The van der Waals surface area contributed by atoms with Crippen LogP contribution in [-0.4, -0.2) is 75.9 Å². The van der Waals surface area contributed by atoms with E-state index in [1.807, 2.05) is 164 Å². The fourth-order valence-corrected chi connectivity index (χ4v) is 17.6. The third-order valence-electron chi connectivity index (χ3n) is 26.1. The maximum Gasteiger partial charge on any atom is 0.172 e. The average molecular weight is 1940 g/mol. The van der Waals surface area contributed by atoms with Crippen molar-refractivity contribution in [1.29, 1.82) is 47.4 Å². The van der Waals surface area contributed by atoms with Gasteiger partial charge in [-0.3, -0.25) is 0 Å². The van der Waals surface area contributed by atoms with E-state index < -0.39 is 22.2 Å². The Balaban J connectivity index is 0.620. The first-order valence-corrected chi connectivity index (χ1v) is 50.5. The summed E-state index contributed by atoms with van der Waals surface area (Å²) in [6, 6.07) is 90.8. The third kappa shape index (κ3) is 29.4. The highest BCUT2D eigenvalue weighted by molar-refractivity contribution is 5.70. The Morgan fingerprint density at radius 3 is 0.705 bits per heavy atom. The third-order valence-corrected chi connectivity index (χ3v) is 26.1. The average Bonchev–Trinajstić information content (AvgIpc) is 1.59. The predicted octanol–water partition coefficient (Wildman–Crippen LogP) is 30.9. The van der Waals surface area contributed by atoms with Gasteiger partial charge in [0.2, 0.25) is 0 Å². The SMILES string of the molecule is CCCCN(CCCCCCOc1ccc(C(C)(c2ccc(OCCCCCCN(CCCC)c3ccc(N=Nc4ccc(/C=C/C5=C(C#N)C(=C(C#N)C#N)OC5(C)C)cc4)cc3)cc2)c2ccc(OCCCCCCN(CCCC)c3ccc(N=Nc4ccc(/C=C/C5=C(C#N)C(=C(C#N)C#N)OC5(C)C)cc4)cc3)cc2)cc1)c1ccc(N=Nc2ccc(/C=C/C3=C(C#N)C(=C(C#N)C#N)OC3(C)C)cc2)cc1. The van der Waals surface area contributed by atoms with Gasteiger partial charge >= 0.3 is 0 Å². The Labute approximate surface area is 860 Å². The largest absolute Gasteiger partial charge is 0.494 e. The molecular formula is C122H126N18O6. The van der Waals surface area contributed by atoms with Crippen LogP contribution in [0.2, 0.25) is 0 Å². The van der Waals surface area contributed by atoms with E-state index in [1.54, 1.807) is 59.8 Å². The van der Waals surface area contributed by atoms with Crippen LogP contribution in [-0.2, 0) is 19.6 Å². The van der Waals surface area contributed by atoms with Gasteiger partial charge in [-0.05, 0) is 285 Å². The number of ether oxygens (including phenoxy) is 6. The van der Waals surface area contributed by atoms with Crippen LogP contribution in [0.1, 0.15) is 218 Å². The van der Waals surface area contributed by atoms with Gasteiger partial charge in [-0.15, -0.1) is 0 Å². The lowest BCUT2D eigenvalue weighted by molar-refractivity contribution is 0.0951. The highest BCUT2D eigenvalue weighted by Gasteiger charge is 2.42. The summed E-state index contributed by atoms with van der Waals surface area (Å²) in [5, 5.41) is 114. The van der Waals surface area contributed by atoms with Crippen molar-refractivity contribution in [2.45, 2.75) is 207 Å². The Bertz CT molecular complexity index is 6100. The molecule has 0 aromatic heterocycles. The summed E-state index contributed by atoms with van der Waals surface area (Å²) in [6.07, 6.45) is 29.9. The van der Waals surface area contributed by atoms with Crippen LogP contribution in [0.5, 0.6) is 17.2 Å². The van der Waals surface area contributed by atoms with Crippen molar-refractivity contribution in [2.24, 2.45) is 30.7 Å². The van der Waals surface area contributed by atoms with Gasteiger partial charge in [-0.1, -0.05) is 188 Å². The van der Waals surface area contributed by atoms with Gasteiger partial charge in [-0.2, -0.15) is 78.0 Å². The Kier molecular flexibility index (Phi) is 39.7. The number of unbranched alkanes of at least 4 members (excludes halogenated alkanes) is 12. The number of benzene rings is 9. The molecule has 0 N–H and O–H groups in total. The molecule has 0 atom stereocenters. The van der Waals surface area contributed by atoms with Crippen molar-refractivity contribution in [3.63, 3.8) is 0 Å². The van der Waals surface area contributed by atoms with Gasteiger partial charge in [0.1, 0.15) is 105 Å². The van der Waals surface area contributed by atoms with Crippen LogP contribution < -0.4 is 28.9 Å². The fraction of sp³-hybridized carbons (Fsp3) is 0.336. The minimum atomic E-state index is -0.903. The number of allylic oxidation sites excluding steroid dienone is 6. The number of nitrogens with zero attached hydrogens (tertiary/aromatic N) is 18. The van der Waals surface area contributed by atoms with E-state index >= 15 is 0 Å². The molecule has 0 spiro atoms. The zero-order chi connectivity index (χ0) is 104. The number of hydrogen-bond acceptors (Lipinski definition) is 24. The lowest BCUT2D eigenvalue weighted by Crippen LogP contribution is -2.25. The molecule has 3 aliphatic heterocycles. The first-order valence-electron chi connectivity index (χ1n) is 50.5. The van der Waals surface area contributed by atoms with Crippen LogP contribution in [0.25, 0.3) is 18.2 Å². The summed E-state index contributed by atoms with van der Waals surface area (Å²) >= 11 is 0. The minimum absolute atomic E-state index is 0.00805. The van der Waals surface area contributed by atoms with Crippen LogP contribution in [0.15, 0.2) is 335 Å². The summed E-state index contributed by atoms with van der Waals surface area (Å²) < 4.78 is 37.1. The Morgan fingerprint density at radius 1 is 0.281 bits per heavy atom. The molecule has 9 aromatic rings. The van der Waals surface area contributed by atoms with Gasteiger partial charge in [0, 0.05) is 78.5 Å². The second-order valence-electron chi connectivity index (χ2n) is 37.8. The molecule has 0 fully saturated rings. The molecule has 740 valence electrons. The van der Waals surface area contributed by atoms with Crippen LogP contribution in [0.3, 0.4) is 0 Å². The Morgan fingerprint density at radius 2 is 0.493 bits per heavy atom. The standard InChI is InChI=1S/C122H126N18O6/c1-11-14-71-138(104-56-50-101(51-57-104)135-132-98-44-29-89(30-45-98)35-68-113-110(86-129)116(92(80-123)81-124)144-119(113,4)5)74-23-17-20-26-77-141-107-62-38-95(39-63-107)122(10,96-40-64-108(65-41-96)142-78-27-21-18-24-75-139(72-15-12-2)105-58-52-102(53-59-105)136-133-99-46-31-90(32-47-99)36-69-114-111(87-130)117(93(82-125)83-126)145-120(114,6)7)97-42-66-109(67-43-97)143-79-28-22-19-25-76-140(73-16-13-3)106-60-54-103(55-61-106)137-134-100-48-33-91(34-49-100)37-70-115-112(88-131)118(94(84-127)85-128)146-121(115,8)9/h29-70H,11-28,71-79H2,1-10H3/b68-35+,69-36+,70-37+,135-132?,136-133?,137-134?. The molecule has 146 heavy (non-hydrogen) atoms. The monoisotopic (exact) mass is 1940 g/mol. The van der Waals surface area contributed by atoms with E-state index in [9.17, 15) is 47.4 Å². The first kappa shape index (κ1) is 108. The molecule has 9 aromatic carbocycles. The van der Waals surface area contributed by atoms with E-state index in [0.717, 1.165) is 240 Å². The number of azo groups is 3. The van der Waals surface area contributed by atoms with Gasteiger partial charge in [0.05, 0.1) is 53.9 Å². The molecule has 24 heteroatoms. The molecule has 0 radical (unpaired) electrons. The van der Waals surface area contributed by atoms with E-state index in [1.165, 1.54) is 0 Å². The fourth-order valence-electron chi connectivity index (χ4n) is 17.6. The molecule has 12 rings (SSSR count). The molecule has 0 saturated carbocycles. The zero-order valence-corrected chi connectivity index (χ0v) is 85.3. The van der Waals surface area contributed by atoms with Crippen LogP contribution in [0.4, 0.5) is 51.2 Å². The highest BCUT2D eigenvalue weighted by Crippen LogP contribution is 2.46. The molecule has 0 bridgehead atoms. The van der Waals surface area contributed by atoms with Crippen molar-refractivity contribution in [3.8, 4) is 71.9 Å². The van der Waals surface area contributed by atoms with Gasteiger partial charge in [0.25, 0.3) is 0 Å². The van der Waals surface area contributed by atoms with Crippen molar-refractivity contribution in [3.05, 3.63) is 337 Å². The van der Waals surface area contributed by atoms with Gasteiger partial charge in [-0.25, -0.2) is 0 Å². The molecule has 0 unspecified atom stereocenters. The molecular weight excluding hydrogens is 1810 g/mol. The van der Waals surface area contributed by atoms with Crippen molar-refractivity contribution in [1.82, 2.24) is 0 Å². The van der Waals surface area contributed by atoms with Crippen molar-refractivity contribution in [2.75, 3.05) is 73.8 Å². The van der Waals surface area contributed by atoms with E-state index in [2.05, 4.69) is 200 Å². The topological polar surface area (TPSA) is 353 Å². The zero-order valence-electron chi connectivity index (χ0n) is 85.3. The lowest BCUT2D eigenvalue weighted by Gasteiger charge is -2.32. The normalized spacial score (nSPS) is 14.3. The summed E-state index contributed by atoms with van der Waals surface area (Å²) in [6.45, 7) is 27.4.